The lowest BCUT2D eigenvalue weighted by atomic mass is 9.91. The van der Waals surface area contributed by atoms with Crippen molar-refractivity contribution in [1.82, 2.24) is 73.1 Å². The molecular formula is C111H126Cl2F10N20O6. The van der Waals surface area contributed by atoms with Gasteiger partial charge in [-0.1, -0.05) is 0 Å². The van der Waals surface area contributed by atoms with E-state index in [4.69, 9.17) is 62.3 Å². The van der Waals surface area contributed by atoms with Crippen LogP contribution in [0.3, 0.4) is 0 Å². The van der Waals surface area contributed by atoms with Crippen LogP contribution in [0.15, 0.2) is 152 Å². The Bertz CT molecular complexity index is 6900. The predicted molar refractivity (Wildman–Crippen MR) is 568 cm³/mol. The highest BCUT2D eigenvalue weighted by Gasteiger charge is 2.37. The highest BCUT2D eigenvalue weighted by molar-refractivity contribution is 6.40. The summed E-state index contributed by atoms with van der Waals surface area (Å²) in [5.74, 6) is -6.01. The highest BCUT2D eigenvalue weighted by atomic mass is 35.5. The fraction of sp³-hybridized carbons (Fsp3) is 0.387. The van der Waals surface area contributed by atoms with Crippen molar-refractivity contribution >= 4 is 154 Å². The summed E-state index contributed by atoms with van der Waals surface area (Å²) in [7, 11) is 19.4. The smallest absolute Gasteiger partial charge is 0.410 e. The average molecular weight is 2100 g/mol. The number of aromatic nitrogens is 10. The van der Waals surface area contributed by atoms with Crippen LogP contribution in [-0.2, 0) is 114 Å². The van der Waals surface area contributed by atoms with Crippen molar-refractivity contribution < 1.29 is 72.5 Å². The summed E-state index contributed by atoms with van der Waals surface area (Å²) >= 11 is 9.53. The molecule has 0 bridgehead atoms. The molecule has 0 radical (unpaired) electrons. The number of carbonyl (C=O) groups is 3. The van der Waals surface area contributed by atoms with Crippen molar-refractivity contribution in [2.45, 2.75) is 206 Å². The molecule has 0 saturated carbocycles. The van der Waals surface area contributed by atoms with E-state index in [9.17, 15) is 58.3 Å². The number of anilines is 10. The third-order valence-electron chi connectivity index (χ3n) is 27.6. The van der Waals surface area contributed by atoms with Crippen LogP contribution >= 0.6 is 23.2 Å². The highest BCUT2D eigenvalue weighted by Crippen LogP contribution is 2.41. The lowest BCUT2D eigenvalue weighted by Gasteiger charge is -2.33. The maximum absolute atomic E-state index is 13.5. The quantitative estimate of drug-likeness (QED) is 0.0286. The van der Waals surface area contributed by atoms with Crippen molar-refractivity contribution in [1.29, 1.82) is 0 Å². The lowest BCUT2D eigenvalue weighted by Crippen LogP contribution is -2.43. The maximum Gasteiger partial charge on any atom is 0.410 e. The Morgan fingerprint density at radius 3 is 0.678 bits per heavy atom. The van der Waals surface area contributed by atoms with Gasteiger partial charge >= 0.3 is 18.3 Å². The van der Waals surface area contributed by atoms with Gasteiger partial charge in [0.1, 0.15) is 74.1 Å². The normalized spacial score (nSPS) is 16.1. The first-order chi connectivity index (χ1) is 70.6. The number of alkyl halides is 2. The van der Waals surface area contributed by atoms with Gasteiger partial charge in [-0.15, -0.1) is 23.2 Å². The Hall–Kier alpha value is -13.8. The molecule has 15 aromatic rings. The molecule has 38 heteroatoms. The third-order valence-corrected chi connectivity index (χ3v) is 27.6. The van der Waals surface area contributed by atoms with Gasteiger partial charge in [-0.3, -0.25) is 0 Å². The van der Waals surface area contributed by atoms with E-state index < -0.39 is 75.0 Å². The zero-order valence-corrected chi connectivity index (χ0v) is 88.4. The second-order valence-electron chi connectivity index (χ2n) is 41.1. The third kappa shape index (κ3) is 25.3. The second-order valence-corrected chi connectivity index (χ2v) is 41.9. The van der Waals surface area contributed by atoms with Crippen LogP contribution in [0.25, 0.3) is 55.2 Å². The Balaban J connectivity index is 0.000000139. The van der Waals surface area contributed by atoms with Gasteiger partial charge in [-0.05, 0) is 322 Å². The first kappa shape index (κ1) is 109. The van der Waals surface area contributed by atoms with Gasteiger partial charge in [-0.2, -0.15) is 0 Å². The van der Waals surface area contributed by atoms with Gasteiger partial charge in [0.25, 0.3) is 0 Å². The number of carbonyl (C=O) groups excluding carboxylic acids is 3. The van der Waals surface area contributed by atoms with E-state index in [0.717, 1.165) is 212 Å². The number of benzene rings is 5. The minimum Gasteiger partial charge on any atom is -0.444 e. The van der Waals surface area contributed by atoms with Crippen LogP contribution in [0.4, 0.5) is 116 Å². The van der Waals surface area contributed by atoms with E-state index in [1.165, 1.54) is 86.6 Å². The first-order valence-electron chi connectivity index (χ1n) is 49.4. The maximum atomic E-state index is 13.5. The second kappa shape index (κ2) is 45.7. The summed E-state index contributed by atoms with van der Waals surface area (Å²) in [5.41, 5.74) is 17.4. The zero-order chi connectivity index (χ0) is 107. The molecule has 5 aliphatic rings. The van der Waals surface area contributed by atoms with Crippen LogP contribution in [0.2, 0.25) is 0 Å². The monoisotopic (exact) mass is 2090 g/mol. The van der Waals surface area contributed by atoms with E-state index in [-0.39, 0.29) is 41.7 Å². The molecule has 149 heavy (non-hydrogen) atoms. The molecule has 0 aliphatic heterocycles. The molecule has 0 saturated heterocycles. The Labute approximate surface area is 869 Å². The molecule has 5 unspecified atom stereocenters. The van der Waals surface area contributed by atoms with Crippen LogP contribution < -0.4 is 37.2 Å². The molecule has 5 aliphatic carbocycles. The SMILES string of the molecule is CN(C(=O)OC(C)(C)C)C1CCc2c(c3ccc(Nc4ccc(F)c(F)c4)nc3n2C)C1.CN(C(=O)OC(C)(C)C)C1CCc2c(c3ccc(Nc4ccc(F)c(F)c4)nc3n2C)C1.CN(C(=O)OC(C)(C)C)C1CCc2c(c3ccc(Nc4ccc(F)c(F)c4)nc3n2C)C1.CNC1CCc2c(c3ccc(Nc4ccc(F)c(F)c4)nc3n2C)C1.CNC1CCc2c(c3ccc(Nc4ccc(F)c(F)c4)nc3n2C)C1.ClCCl. The molecule has 3 amide bonds. The number of aryl methyl sites for hydroxylation is 5. The molecule has 10 aromatic heterocycles. The average Bonchev–Trinajstić information content (AvgIpc) is 1.15. The standard InChI is InChI=1S/3C24H28F2N4O2.2C19H20F2N4.CH2Cl2/c3*1-24(2,3)32-23(31)29(4)15-7-10-20-17(13-15)16-8-11-21(28-22(16)30(20)5)27-14-6-9-18(25)19(26)12-14;2*1-22-11-4-7-17-14(9-11)13-5-8-18(24-19(13)25(17)2)23-12-3-6-15(20)16(21)10-12;2-1-3/h3*6,8-9,11-12,15H,7,10,13H2,1-5H3,(H,27,28);2*3,5-6,8,10-11,22H,4,7,9H2,1-2H3,(H,23,24);1H2. The van der Waals surface area contributed by atoms with E-state index >= 15 is 0 Å². The van der Waals surface area contributed by atoms with Crippen LogP contribution in [0.1, 0.15) is 151 Å². The Morgan fingerprint density at radius 2 is 0.497 bits per heavy atom. The summed E-state index contributed by atoms with van der Waals surface area (Å²) in [6, 6.07) is 38.9. The minimum atomic E-state index is -0.912. The molecule has 20 rings (SSSR count). The molecule has 7 N–H and O–H groups in total. The molecule has 0 fully saturated rings. The summed E-state index contributed by atoms with van der Waals surface area (Å²) < 4.78 is 160. The minimum absolute atomic E-state index is 0.0444. The van der Waals surface area contributed by atoms with E-state index in [1.807, 2.05) is 160 Å². The van der Waals surface area contributed by atoms with Crippen LogP contribution in [-0.4, -0.2) is 168 Å². The van der Waals surface area contributed by atoms with Crippen molar-refractivity contribution in [3.8, 4) is 0 Å². The summed E-state index contributed by atoms with van der Waals surface area (Å²) in [6.07, 6.45) is 12.5. The predicted octanol–water partition coefficient (Wildman–Crippen LogP) is 24.7. The first-order valence-corrected chi connectivity index (χ1v) is 50.5. The van der Waals surface area contributed by atoms with Crippen molar-refractivity contribution in [2.75, 3.05) is 67.2 Å². The van der Waals surface area contributed by atoms with E-state index in [2.05, 4.69) is 72.2 Å². The molecular weight excluding hydrogens is 1970 g/mol. The number of rotatable bonds is 15. The molecule has 0 spiro atoms. The van der Waals surface area contributed by atoms with Gasteiger partial charge < -0.3 is 89.0 Å². The number of fused-ring (bicyclic) bond motifs is 15. The van der Waals surface area contributed by atoms with Crippen LogP contribution in [0.5, 0.6) is 0 Å². The van der Waals surface area contributed by atoms with E-state index in [0.29, 0.717) is 69.6 Å². The van der Waals surface area contributed by atoms with Crippen molar-refractivity contribution in [3.05, 3.63) is 266 Å². The van der Waals surface area contributed by atoms with Gasteiger partial charge in [0.15, 0.2) is 58.2 Å². The molecule has 5 aromatic carbocycles. The lowest BCUT2D eigenvalue weighted by molar-refractivity contribution is 0.0199. The van der Waals surface area contributed by atoms with Gasteiger partial charge in [0.2, 0.25) is 0 Å². The fourth-order valence-corrected chi connectivity index (χ4v) is 20.0. The molecule has 26 nitrogen and oxygen atoms in total. The number of nitrogens with zero attached hydrogens (tertiary/aromatic N) is 13. The number of halogens is 12. The van der Waals surface area contributed by atoms with Gasteiger partial charge in [-0.25, -0.2) is 83.2 Å². The number of amides is 3. The summed E-state index contributed by atoms with van der Waals surface area (Å²) in [6.45, 7) is 16.8. The van der Waals surface area contributed by atoms with Crippen molar-refractivity contribution in [2.24, 2.45) is 35.2 Å². The number of hydrogen-bond acceptors (Lipinski definition) is 18. The van der Waals surface area contributed by atoms with Gasteiger partial charge in [0.05, 0.1) is 5.34 Å². The Kier molecular flexibility index (Phi) is 33.5. The number of likely N-dealkylation sites (N-methyl/N-ethyl adjacent to an activating group) is 5. The van der Waals surface area contributed by atoms with E-state index in [1.54, 1.807) is 35.8 Å². The fourth-order valence-electron chi connectivity index (χ4n) is 20.0. The largest absolute Gasteiger partial charge is 0.444 e. The number of nitrogens with one attached hydrogen (secondary N) is 7. The molecule has 790 valence electrons. The number of ether oxygens (including phenoxy) is 3. The Morgan fingerprint density at radius 1 is 0.309 bits per heavy atom. The number of pyridine rings is 5. The molecule has 10 heterocycles. The molecule has 5 atom stereocenters. The van der Waals surface area contributed by atoms with Crippen LogP contribution in [0, 0.1) is 58.2 Å². The number of hydrogen-bond donors (Lipinski definition) is 7. The van der Waals surface area contributed by atoms with Gasteiger partial charge in [0, 0.05) is 201 Å². The van der Waals surface area contributed by atoms with Crippen molar-refractivity contribution in [3.63, 3.8) is 0 Å². The summed E-state index contributed by atoms with van der Waals surface area (Å²) in [4.78, 5) is 66.2. The summed E-state index contributed by atoms with van der Waals surface area (Å²) in [5, 5.41) is 27.5. The topological polar surface area (TPSA) is 262 Å². The zero-order valence-electron chi connectivity index (χ0n) is 86.9.